The van der Waals surface area contributed by atoms with Gasteiger partial charge >= 0.3 is 0 Å². The van der Waals surface area contributed by atoms with Crippen LogP contribution in [0.1, 0.15) is 25.3 Å². The van der Waals surface area contributed by atoms with Crippen molar-refractivity contribution in [3.63, 3.8) is 0 Å². The van der Waals surface area contributed by atoms with Gasteiger partial charge in [-0.1, -0.05) is 17.7 Å². The van der Waals surface area contributed by atoms with E-state index in [0.717, 1.165) is 30.7 Å². The maximum Gasteiger partial charge on any atom is 0.138 e. The van der Waals surface area contributed by atoms with Crippen molar-refractivity contribution in [3.8, 4) is 5.75 Å². The molecule has 0 fully saturated rings. The molecule has 0 spiro atoms. The molecule has 1 rings (SSSR count). The number of rotatable bonds is 8. The van der Waals surface area contributed by atoms with Crippen LogP contribution in [0.2, 0.25) is 5.02 Å². The Hall–Kier alpha value is -0.770. The molecule has 0 aliphatic rings. The lowest BCUT2D eigenvalue weighted by atomic mass is 10.2. The number of aliphatic hydroxyl groups excluding tert-OH is 1. The maximum atomic E-state index is 8.84. The average molecular weight is 272 g/mol. The lowest BCUT2D eigenvalue weighted by Crippen LogP contribution is -2.30. The first-order valence-corrected chi connectivity index (χ1v) is 6.74. The fourth-order valence-corrected chi connectivity index (χ4v) is 1.72. The minimum atomic E-state index is 0.164. The summed E-state index contributed by atoms with van der Waals surface area (Å²) in [4.78, 5) is 0. The van der Waals surface area contributed by atoms with Crippen LogP contribution in [0.3, 0.4) is 0 Å². The first-order valence-electron chi connectivity index (χ1n) is 6.36. The lowest BCUT2D eigenvalue weighted by Gasteiger charge is -2.11. The van der Waals surface area contributed by atoms with Crippen LogP contribution in [0.25, 0.3) is 0 Å². The molecule has 2 N–H and O–H groups in total. The SMILES string of the molecule is Cc1ccc(Cl)c(OCCCCN[C@H](C)CO)c1. The van der Waals surface area contributed by atoms with E-state index in [2.05, 4.69) is 5.32 Å². The molecular weight excluding hydrogens is 250 g/mol. The largest absolute Gasteiger partial charge is 0.492 e. The van der Waals surface area contributed by atoms with E-state index >= 15 is 0 Å². The van der Waals surface area contributed by atoms with Gasteiger partial charge < -0.3 is 15.2 Å². The van der Waals surface area contributed by atoms with Gasteiger partial charge in [0, 0.05) is 6.04 Å². The van der Waals surface area contributed by atoms with Gasteiger partial charge in [0.2, 0.25) is 0 Å². The monoisotopic (exact) mass is 271 g/mol. The number of benzene rings is 1. The summed E-state index contributed by atoms with van der Waals surface area (Å²) in [7, 11) is 0. The van der Waals surface area contributed by atoms with Crippen molar-refractivity contribution >= 4 is 11.6 Å². The summed E-state index contributed by atoms with van der Waals surface area (Å²) in [6.45, 7) is 5.72. The van der Waals surface area contributed by atoms with E-state index in [9.17, 15) is 0 Å². The molecule has 3 nitrogen and oxygen atoms in total. The molecule has 0 heterocycles. The average Bonchev–Trinajstić information content (AvgIpc) is 2.37. The summed E-state index contributed by atoms with van der Waals surface area (Å²) in [6.07, 6.45) is 1.99. The highest BCUT2D eigenvalue weighted by molar-refractivity contribution is 6.32. The Morgan fingerprint density at radius 3 is 2.89 bits per heavy atom. The van der Waals surface area contributed by atoms with E-state index in [0.29, 0.717) is 11.6 Å². The van der Waals surface area contributed by atoms with Gasteiger partial charge in [0.05, 0.1) is 18.2 Å². The number of ether oxygens (including phenoxy) is 1. The number of hydrogen-bond acceptors (Lipinski definition) is 3. The summed E-state index contributed by atoms with van der Waals surface area (Å²) in [5, 5.41) is 12.7. The Bertz CT molecular complexity index is 358. The Labute approximate surface area is 114 Å². The molecule has 1 aromatic carbocycles. The van der Waals surface area contributed by atoms with Crippen molar-refractivity contribution in [2.24, 2.45) is 0 Å². The molecule has 0 saturated heterocycles. The van der Waals surface area contributed by atoms with E-state index in [1.165, 1.54) is 0 Å². The third kappa shape index (κ3) is 5.71. The minimum Gasteiger partial charge on any atom is -0.492 e. The third-order valence-corrected chi connectivity index (χ3v) is 2.99. The Morgan fingerprint density at radius 1 is 1.39 bits per heavy atom. The summed E-state index contributed by atoms with van der Waals surface area (Å²) >= 11 is 6.03. The van der Waals surface area contributed by atoms with Crippen LogP contribution in [0.15, 0.2) is 18.2 Å². The van der Waals surface area contributed by atoms with Crippen molar-refractivity contribution in [1.29, 1.82) is 0 Å². The summed E-state index contributed by atoms with van der Waals surface area (Å²) < 4.78 is 5.64. The molecule has 1 aromatic rings. The summed E-state index contributed by atoms with van der Waals surface area (Å²) in [5.74, 6) is 0.758. The van der Waals surface area contributed by atoms with Crippen molar-refractivity contribution in [1.82, 2.24) is 5.32 Å². The van der Waals surface area contributed by atoms with E-state index in [-0.39, 0.29) is 12.6 Å². The number of unbranched alkanes of at least 4 members (excludes halogenated alkanes) is 1. The first kappa shape index (κ1) is 15.3. The highest BCUT2D eigenvalue weighted by Crippen LogP contribution is 2.25. The van der Waals surface area contributed by atoms with E-state index in [1.807, 2.05) is 32.0 Å². The molecule has 18 heavy (non-hydrogen) atoms. The smallest absolute Gasteiger partial charge is 0.138 e. The Kier molecular flexibility index (Phi) is 7.09. The molecule has 102 valence electrons. The molecule has 0 amide bonds. The second-order valence-electron chi connectivity index (χ2n) is 4.53. The second-order valence-corrected chi connectivity index (χ2v) is 4.93. The van der Waals surface area contributed by atoms with Gasteiger partial charge in [-0.2, -0.15) is 0 Å². The van der Waals surface area contributed by atoms with Crippen LogP contribution in [0.4, 0.5) is 0 Å². The summed E-state index contributed by atoms with van der Waals surface area (Å²) in [6, 6.07) is 5.94. The van der Waals surface area contributed by atoms with Crippen molar-refractivity contribution in [3.05, 3.63) is 28.8 Å². The van der Waals surface area contributed by atoms with Gasteiger partial charge in [-0.05, 0) is 50.9 Å². The van der Waals surface area contributed by atoms with Crippen LogP contribution in [-0.4, -0.2) is 30.9 Å². The molecule has 4 heteroatoms. The predicted octanol–water partition coefficient (Wildman–Crippen LogP) is 2.78. The van der Waals surface area contributed by atoms with Crippen LogP contribution in [0, 0.1) is 6.92 Å². The Morgan fingerprint density at radius 2 is 2.17 bits per heavy atom. The zero-order chi connectivity index (χ0) is 13.4. The Balaban J connectivity index is 2.16. The van der Waals surface area contributed by atoms with Crippen LogP contribution < -0.4 is 10.1 Å². The van der Waals surface area contributed by atoms with E-state index < -0.39 is 0 Å². The van der Waals surface area contributed by atoms with Crippen molar-refractivity contribution < 1.29 is 9.84 Å². The van der Waals surface area contributed by atoms with E-state index in [4.69, 9.17) is 21.4 Å². The molecule has 0 unspecified atom stereocenters. The van der Waals surface area contributed by atoms with Gasteiger partial charge in [0.1, 0.15) is 5.75 Å². The van der Waals surface area contributed by atoms with Gasteiger partial charge in [-0.25, -0.2) is 0 Å². The number of halogens is 1. The number of nitrogens with one attached hydrogen (secondary N) is 1. The number of hydrogen-bond donors (Lipinski definition) is 2. The van der Waals surface area contributed by atoms with Gasteiger partial charge in [-0.15, -0.1) is 0 Å². The molecule has 0 radical (unpaired) electrons. The van der Waals surface area contributed by atoms with Crippen LogP contribution in [-0.2, 0) is 0 Å². The van der Waals surface area contributed by atoms with Gasteiger partial charge in [0.25, 0.3) is 0 Å². The zero-order valence-electron chi connectivity index (χ0n) is 11.1. The molecule has 0 aliphatic heterocycles. The quantitative estimate of drug-likeness (QED) is 0.715. The molecular formula is C14H22ClNO2. The molecule has 0 aliphatic carbocycles. The third-order valence-electron chi connectivity index (χ3n) is 2.68. The number of aliphatic hydroxyl groups is 1. The normalized spacial score (nSPS) is 12.4. The van der Waals surface area contributed by atoms with E-state index in [1.54, 1.807) is 0 Å². The summed E-state index contributed by atoms with van der Waals surface area (Å²) in [5.41, 5.74) is 1.15. The standard InChI is InChI=1S/C14H22ClNO2/c1-11-5-6-13(15)14(9-11)18-8-4-3-7-16-12(2)10-17/h5-6,9,12,16-17H,3-4,7-8,10H2,1-2H3/t12-/m1/s1. The second kappa shape index (κ2) is 8.35. The molecule has 0 bridgehead atoms. The maximum absolute atomic E-state index is 8.84. The lowest BCUT2D eigenvalue weighted by molar-refractivity contribution is 0.249. The highest BCUT2D eigenvalue weighted by atomic mass is 35.5. The fraction of sp³-hybridized carbons (Fsp3) is 0.571. The van der Waals surface area contributed by atoms with Crippen LogP contribution >= 0.6 is 11.6 Å². The minimum absolute atomic E-state index is 0.164. The molecule has 0 aromatic heterocycles. The van der Waals surface area contributed by atoms with Gasteiger partial charge in [0.15, 0.2) is 0 Å². The zero-order valence-corrected chi connectivity index (χ0v) is 11.8. The molecule has 1 atom stereocenters. The topological polar surface area (TPSA) is 41.5 Å². The highest BCUT2D eigenvalue weighted by Gasteiger charge is 2.01. The molecule has 0 saturated carbocycles. The number of aryl methyl sites for hydroxylation is 1. The fourth-order valence-electron chi connectivity index (χ4n) is 1.54. The van der Waals surface area contributed by atoms with Crippen LogP contribution in [0.5, 0.6) is 5.75 Å². The van der Waals surface area contributed by atoms with Crippen molar-refractivity contribution in [2.45, 2.75) is 32.7 Å². The van der Waals surface area contributed by atoms with Gasteiger partial charge in [-0.3, -0.25) is 0 Å². The first-order chi connectivity index (χ1) is 8.63. The van der Waals surface area contributed by atoms with Crippen molar-refractivity contribution in [2.75, 3.05) is 19.8 Å². The predicted molar refractivity (Wildman–Crippen MR) is 75.5 cm³/mol.